The summed E-state index contributed by atoms with van der Waals surface area (Å²) in [7, 11) is 0. The van der Waals surface area contributed by atoms with Gasteiger partial charge < -0.3 is 15.4 Å². The first-order valence-corrected chi connectivity index (χ1v) is 11.7. The lowest BCUT2D eigenvalue weighted by molar-refractivity contribution is -0.113. The second-order valence-corrected chi connectivity index (χ2v) is 9.09. The molecule has 1 aromatic heterocycles. The molecule has 0 saturated heterocycles. The first-order valence-electron chi connectivity index (χ1n) is 11.0. The summed E-state index contributed by atoms with van der Waals surface area (Å²) < 4.78 is 8.61. The van der Waals surface area contributed by atoms with E-state index in [1.807, 2.05) is 57.2 Å². The molecular weight excluding hydrogens is 484 g/mol. The van der Waals surface area contributed by atoms with Crippen LogP contribution in [0.25, 0.3) is 0 Å². The van der Waals surface area contributed by atoms with Crippen LogP contribution in [-0.4, -0.2) is 32.7 Å². The van der Waals surface area contributed by atoms with Crippen molar-refractivity contribution < 1.29 is 9.53 Å². The number of carbonyl (C=O) groups excluding carboxylic acids is 1. The number of hydrogen-bond acceptors (Lipinski definition) is 6. The summed E-state index contributed by atoms with van der Waals surface area (Å²) in [5.41, 5.74) is 4.91. The molecule has 2 aromatic carbocycles. The van der Waals surface area contributed by atoms with Gasteiger partial charge in [0, 0.05) is 21.4 Å². The van der Waals surface area contributed by atoms with E-state index in [2.05, 4.69) is 49.0 Å². The van der Waals surface area contributed by atoms with Crippen LogP contribution in [0.1, 0.15) is 49.4 Å². The van der Waals surface area contributed by atoms with Crippen molar-refractivity contribution in [2.45, 2.75) is 46.6 Å². The predicted molar refractivity (Wildman–Crippen MR) is 131 cm³/mol. The average Bonchev–Trinajstić information content (AvgIpc) is 3.24. The number of carbonyl (C=O) groups is 1. The monoisotopic (exact) mass is 510 g/mol. The van der Waals surface area contributed by atoms with Crippen LogP contribution < -0.4 is 15.4 Å². The minimum absolute atomic E-state index is 0.224. The van der Waals surface area contributed by atoms with Crippen LogP contribution >= 0.6 is 15.9 Å². The summed E-state index contributed by atoms with van der Waals surface area (Å²) in [6.07, 6.45) is 1.96. The number of hydrogen-bond donors (Lipinski definition) is 2. The molecule has 2 N–H and O–H groups in total. The molecule has 1 unspecified atom stereocenters. The molecule has 0 fully saturated rings. The number of nitrogens with one attached hydrogen (secondary N) is 2. The maximum Gasteiger partial charge on any atom is 0.255 e. The van der Waals surface area contributed by atoms with Crippen LogP contribution in [-0.2, 0) is 4.79 Å². The van der Waals surface area contributed by atoms with E-state index in [1.54, 1.807) is 4.68 Å². The average molecular weight is 511 g/mol. The van der Waals surface area contributed by atoms with Crippen LogP contribution in [0.3, 0.4) is 0 Å². The molecule has 33 heavy (non-hydrogen) atoms. The number of rotatable bonds is 7. The van der Waals surface area contributed by atoms with Crippen LogP contribution in [0.15, 0.2) is 52.1 Å². The van der Waals surface area contributed by atoms with Gasteiger partial charge in [-0.15, -0.1) is 0 Å². The lowest BCUT2D eigenvalue weighted by atomic mass is 9.94. The molecule has 4 rings (SSSR count). The molecule has 1 aliphatic rings. The first-order chi connectivity index (χ1) is 15.9. The van der Waals surface area contributed by atoms with Crippen molar-refractivity contribution in [3.63, 3.8) is 0 Å². The number of halogens is 1. The van der Waals surface area contributed by atoms with E-state index in [0.29, 0.717) is 29.6 Å². The van der Waals surface area contributed by atoms with Crippen molar-refractivity contribution in [3.05, 3.63) is 68.8 Å². The topological polar surface area (TPSA) is 94.0 Å². The van der Waals surface area contributed by atoms with Gasteiger partial charge in [-0.25, -0.2) is 0 Å². The zero-order chi connectivity index (χ0) is 23.5. The Kier molecular flexibility index (Phi) is 6.78. The molecule has 3 aromatic rings. The third kappa shape index (κ3) is 4.78. The van der Waals surface area contributed by atoms with Crippen molar-refractivity contribution in [2.75, 3.05) is 17.2 Å². The van der Waals surface area contributed by atoms with Gasteiger partial charge in [0.05, 0.1) is 12.2 Å². The number of aryl methyl sites for hydroxylation is 2. The van der Waals surface area contributed by atoms with E-state index in [1.165, 1.54) is 0 Å². The maximum absolute atomic E-state index is 13.6. The molecule has 1 aliphatic heterocycles. The zero-order valence-corrected chi connectivity index (χ0v) is 20.7. The Morgan fingerprint density at radius 3 is 2.79 bits per heavy atom. The van der Waals surface area contributed by atoms with E-state index in [4.69, 9.17) is 4.74 Å². The number of amides is 1. The van der Waals surface area contributed by atoms with E-state index < -0.39 is 6.04 Å². The number of benzene rings is 2. The van der Waals surface area contributed by atoms with Crippen molar-refractivity contribution in [2.24, 2.45) is 0 Å². The van der Waals surface area contributed by atoms with Crippen LogP contribution in [0.5, 0.6) is 5.75 Å². The van der Waals surface area contributed by atoms with Gasteiger partial charge in [0.1, 0.15) is 11.8 Å². The quantitative estimate of drug-likeness (QED) is 0.426. The normalized spacial score (nSPS) is 15.1. The molecule has 1 amide bonds. The lowest BCUT2D eigenvalue weighted by Gasteiger charge is -2.29. The number of fused-ring (bicyclic) bond motifs is 1. The van der Waals surface area contributed by atoms with E-state index in [9.17, 15) is 4.79 Å². The summed E-state index contributed by atoms with van der Waals surface area (Å²) in [6, 6.07) is 11.2. The number of ether oxygens (including phenoxy) is 1. The third-order valence-corrected chi connectivity index (χ3v) is 6.10. The highest BCUT2D eigenvalue weighted by molar-refractivity contribution is 9.10. The largest absolute Gasteiger partial charge is 0.493 e. The predicted octanol–water partition coefficient (Wildman–Crippen LogP) is 5.16. The number of aromatic nitrogens is 4. The van der Waals surface area contributed by atoms with Gasteiger partial charge in [0.15, 0.2) is 0 Å². The summed E-state index contributed by atoms with van der Waals surface area (Å²) in [5, 5.41) is 18.3. The van der Waals surface area contributed by atoms with Crippen LogP contribution in [0.4, 0.5) is 11.6 Å². The summed E-state index contributed by atoms with van der Waals surface area (Å²) in [5.74, 6) is 0.947. The highest BCUT2D eigenvalue weighted by Crippen LogP contribution is 2.40. The third-order valence-electron chi connectivity index (χ3n) is 5.61. The second-order valence-electron chi connectivity index (χ2n) is 8.17. The minimum atomic E-state index is -0.559. The highest BCUT2D eigenvalue weighted by atomic mass is 79.9. The van der Waals surface area contributed by atoms with E-state index >= 15 is 0 Å². The molecule has 0 saturated carbocycles. The summed E-state index contributed by atoms with van der Waals surface area (Å²) >= 11 is 3.57. The Labute approximate surface area is 201 Å². The van der Waals surface area contributed by atoms with Gasteiger partial charge in [-0.1, -0.05) is 52.1 Å². The fraction of sp³-hybridized carbons (Fsp3) is 0.333. The minimum Gasteiger partial charge on any atom is -0.493 e. The molecule has 1 atom stereocenters. The Morgan fingerprint density at radius 2 is 2.03 bits per heavy atom. The second kappa shape index (κ2) is 9.74. The van der Waals surface area contributed by atoms with Crippen molar-refractivity contribution >= 4 is 33.5 Å². The van der Waals surface area contributed by atoms with E-state index in [0.717, 1.165) is 39.7 Å². The van der Waals surface area contributed by atoms with Crippen LogP contribution in [0.2, 0.25) is 0 Å². The standard InChI is InChI=1S/C24H27BrN6O2/c1-5-6-11-33-20-10-8-17(25)13-18(20)22-21(16(4)26-24-28-29-30-31(22)24)23(32)27-19-9-7-14(2)12-15(19)3/h7-10,12-13,22H,5-6,11H2,1-4H3,(H,27,32)(H,26,28,30). The molecule has 9 heteroatoms. The van der Waals surface area contributed by atoms with Gasteiger partial charge in [-0.05, 0) is 67.4 Å². The Balaban J connectivity index is 1.78. The highest BCUT2D eigenvalue weighted by Gasteiger charge is 2.36. The molecule has 0 radical (unpaired) electrons. The van der Waals surface area contributed by atoms with Gasteiger partial charge in [0.25, 0.3) is 5.91 Å². The molecule has 0 spiro atoms. The maximum atomic E-state index is 13.6. The molecule has 172 valence electrons. The molecule has 0 aliphatic carbocycles. The van der Waals surface area contributed by atoms with Gasteiger partial charge in [-0.2, -0.15) is 4.68 Å². The molecule has 2 heterocycles. The lowest BCUT2D eigenvalue weighted by Crippen LogP contribution is -2.32. The van der Waals surface area contributed by atoms with Gasteiger partial charge >= 0.3 is 0 Å². The zero-order valence-electron chi connectivity index (χ0n) is 19.1. The SMILES string of the molecule is CCCCOc1ccc(Br)cc1C1C(C(=O)Nc2ccc(C)cc2C)=C(C)Nc2nnnn21. The number of nitrogens with zero attached hydrogens (tertiary/aromatic N) is 4. The number of tetrazole rings is 1. The van der Waals surface area contributed by atoms with Crippen LogP contribution in [0, 0.1) is 13.8 Å². The fourth-order valence-corrected chi connectivity index (χ4v) is 4.31. The summed E-state index contributed by atoms with van der Waals surface area (Å²) in [4.78, 5) is 13.6. The summed E-state index contributed by atoms with van der Waals surface area (Å²) in [6.45, 7) is 8.57. The molecule has 0 bridgehead atoms. The number of unbranched alkanes of at least 4 members (excludes halogenated alkanes) is 1. The first kappa shape index (κ1) is 23.0. The number of anilines is 2. The van der Waals surface area contributed by atoms with Crippen molar-refractivity contribution in [1.29, 1.82) is 0 Å². The van der Waals surface area contributed by atoms with Crippen molar-refractivity contribution in [1.82, 2.24) is 20.2 Å². The van der Waals surface area contributed by atoms with Gasteiger partial charge in [0.2, 0.25) is 5.95 Å². The fourth-order valence-electron chi connectivity index (χ4n) is 3.93. The smallest absolute Gasteiger partial charge is 0.255 e. The van der Waals surface area contributed by atoms with Gasteiger partial charge in [-0.3, -0.25) is 4.79 Å². The Morgan fingerprint density at radius 1 is 1.21 bits per heavy atom. The van der Waals surface area contributed by atoms with E-state index in [-0.39, 0.29) is 5.91 Å². The molecule has 8 nitrogen and oxygen atoms in total. The Hall–Kier alpha value is -3.20. The Bertz CT molecular complexity index is 1220. The van der Waals surface area contributed by atoms with Crippen molar-refractivity contribution in [3.8, 4) is 5.75 Å². The molecular formula is C24H27BrN6O2. The number of allylic oxidation sites excluding steroid dienone is 1.